The van der Waals surface area contributed by atoms with Gasteiger partial charge in [-0.2, -0.15) is 0 Å². The van der Waals surface area contributed by atoms with E-state index in [4.69, 9.17) is 0 Å². The zero-order valence-electron chi connectivity index (χ0n) is 9.88. The molecule has 0 saturated carbocycles. The van der Waals surface area contributed by atoms with Gasteiger partial charge in [-0.05, 0) is 35.8 Å². The van der Waals surface area contributed by atoms with E-state index in [0.717, 1.165) is 11.8 Å². The molecule has 0 aliphatic heterocycles. The smallest absolute Gasteiger partial charge is 0.0256 e. The number of hydrogen-bond acceptors (Lipinski definition) is 0. The van der Waals surface area contributed by atoms with E-state index in [-0.39, 0.29) is 29.7 Å². The second kappa shape index (κ2) is 12.7. The minimum absolute atomic E-state index is 0. The van der Waals surface area contributed by atoms with Crippen molar-refractivity contribution in [3.8, 4) is 0 Å². The quantitative estimate of drug-likeness (QED) is 0.566. The second-order valence-electron chi connectivity index (χ2n) is 5.01. The van der Waals surface area contributed by atoms with E-state index in [9.17, 15) is 0 Å². The Bertz CT molecular complexity index is 225. The lowest BCUT2D eigenvalue weighted by atomic mass is 9.98. The van der Waals surface area contributed by atoms with Crippen LogP contribution in [0.5, 0.6) is 0 Å². The molecule has 0 saturated heterocycles. The van der Waals surface area contributed by atoms with Crippen LogP contribution in [0, 0.1) is 11.8 Å². The third-order valence-electron chi connectivity index (χ3n) is 2.31. The summed E-state index contributed by atoms with van der Waals surface area (Å²) < 4.78 is 0. The van der Waals surface area contributed by atoms with Gasteiger partial charge in [-0.25, -0.2) is 0 Å². The van der Waals surface area contributed by atoms with Crippen molar-refractivity contribution in [2.75, 3.05) is 0 Å². The Hall–Kier alpha value is -0.780. The Morgan fingerprint density at radius 2 is 0.833 bits per heavy atom. The molecule has 18 heavy (non-hydrogen) atoms. The molecule has 0 unspecified atom stereocenters. The van der Waals surface area contributed by atoms with Crippen molar-refractivity contribution in [3.05, 3.63) is 35.4 Å². The van der Waals surface area contributed by atoms with Crippen LogP contribution in [-0.2, 0) is 12.8 Å². The van der Waals surface area contributed by atoms with E-state index in [2.05, 4.69) is 52.0 Å². The molecule has 110 valence electrons. The van der Waals surface area contributed by atoms with Crippen LogP contribution in [0.4, 0.5) is 0 Å². The van der Waals surface area contributed by atoms with Gasteiger partial charge < -0.3 is 0 Å². The highest BCUT2D eigenvalue weighted by atomic mass is 14.1. The van der Waals surface area contributed by atoms with Crippen molar-refractivity contribution < 1.29 is 0 Å². The Morgan fingerprint density at radius 3 is 1.00 bits per heavy atom. The fraction of sp³-hybridized carbons (Fsp3) is 0.667. The van der Waals surface area contributed by atoms with E-state index in [0.29, 0.717) is 0 Å². The minimum atomic E-state index is 0. The highest BCUT2D eigenvalue weighted by Crippen LogP contribution is 2.12. The summed E-state index contributed by atoms with van der Waals surface area (Å²) in [5, 5.41) is 0. The van der Waals surface area contributed by atoms with Crippen molar-refractivity contribution in [2.45, 2.75) is 70.2 Å². The first-order chi connectivity index (χ1) is 6.58. The highest BCUT2D eigenvalue weighted by Gasteiger charge is 1.99. The Kier molecular flexibility index (Phi) is 18.2. The van der Waals surface area contributed by atoms with Crippen LogP contribution < -0.4 is 0 Å². The SMILES string of the molecule is C.C.C.C.CC(C)Cc1ccc(CC(C)C)cc1. The number of benzene rings is 1. The van der Waals surface area contributed by atoms with Crippen LogP contribution in [0.15, 0.2) is 24.3 Å². The van der Waals surface area contributed by atoms with Crippen molar-refractivity contribution >= 4 is 0 Å². The van der Waals surface area contributed by atoms with E-state index in [1.54, 1.807) is 0 Å². The summed E-state index contributed by atoms with van der Waals surface area (Å²) in [4.78, 5) is 0. The molecule has 0 nitrogen and oxygen atoms in total. The minimum Gasteiger partial charge on any atom is -0.0776 e. The predicted molar refractivity (Wildman–Crippen MR) is 90.5 cm³/mol. The molecule has 0 radical (unpaired) electrons. The molecule has 1 aromatic carbocycles. The van der Waals surface area contributed by atoms with Gasteiger partial charge in [-0.3, -0.25) is 0 Å². The summed E-state index contributed by atoms with van der Waals surface area (Å²) in [6.07, 6.45) is 2.39. The maximum Gasteiger partial charge on any atom is -0.0256 e. The van der Waals surface area contributed by atoms with Crippen molar-refractivity contribution in [1.82, 2.24) is 0 Å². The van der Waals surface area contributed by atoms with Crippen LogP contribution >= 0.6 is 0 Å². The second-order valence-corrected chi connectivity index (χ2v) is 5.01. The van der Waals surface area contributed by atoms with E-state index in [1.807, 2.05) is 0 Å². The molecule has 0 atom stereocenters. The normalized spacial score (nSPS) is 8.78. The third-order valence-corrected chi connectivity index (χ3v) is 2.31. The lowest BCUT2D eigenvalue weighted by Crippen LogP contribution is -1.96. The molecule has 0 N–H and O–H groups in total. The molecule has 0 aliphatic carbocycles. The fourth-order valence-electron chi connectivity index (χ4n) is 1.75. The van der Waals surface area contributed by atoms with Crippen molar-refractivity contribution in [1.29, 1.82) is 0 Å². The molecule has 0 aliphatic rings. The van der Waals surface area contributed by atoms with Gasteiger partial charge >= 0.3 is 0 Å². The molecule has 0 heteroatoms. The largest absolute Gasteiger partial charge is 0.0776 e. The Balaban J connectivity index is -0.000000245. The molecule has 0 amide bonds. The Labute approximate surface area is 118 Å². The Morgan fingerprint density at radius 1 is 0.611 bits per heavy atom. The molecule has 0 bridgehead atoms. The number of hydrogen-bond donors (Lipinski definition) is 0. The van der Waals surface area contributed by atoms with Gasteiger partial charge in [0.05, 0.1) is 0 Å². The van der Waals surface area contributed by atoms with Crippen LogP contribution in [0.1, 0.15) is 68.5 Å². The molecular weight excluding hydrogens is 216 g/mol. The van der Waals surface area contributed by atoms with Gasteiger partial charge in [0.15, 0.2) is 0 Å². The van der Waals surface area contributed by atoms with Crippen LogP contribution in [0.3, 0.4) is 0 Å². The lowest BCUT2D eigenvalue weighted by molar-refractivity contribution is 0.640. The fourth-order valence-corrected chi connectivity index (χ4v) is 1.75. The summed E-state index contributed by atoms with van der Waals surface area (Å²) in [5.74, 6) is 1.51. The lowest BCUT2D eigenvalue weighted by Gasteiger charge is -2.08. The summed E-state index contributed by atoms with van der Waals surface area (Å²) >= 11 is 0. The standard InChI is InChI=1S/C14H22.4CH4/c1-11(2)9-13-5-7-14(8-6-13)10-12(3)4;;;;/h5-8,11-12H,9-10H2,1-4H3;4*1H4. The summed E-state index contributed by atoms with van der Waals surface area (Å²) in [5.41, 5.74) is 2.93. The highest BCUT2D eigenvalue weighted by molar-refractivity contribution is 5.23. The first kappa shape index (κ1) is 25.9. The van der Waals surface area contributed by atoms with Crippen LogP contribution in [0.25, 0.3) is 0 Å². The summed E-state index contributed by atoms with van der Waals surface area (Å²) in [7, 11) is 0. The molecule has 1 aromatic rings. The molecule has 0 spiro atoms. The van der Waals surface area contributed by atoms with Gasteiger partial charge in [0, 0.05) is 0 Å². The summed E-state index contributed by atoms with van der Waals surface area (Å²) in [6.45, 7) is 9.06. The third kappa shape index (κ3) is 10.4. The van der Waals surface area contributed by atoms with Crippen LogP contribution in [0.2, 0.25) is 0 Å². The van der Waals surface area contributed by atoms with Gasteiger partial charge in [-0.1, -0.05) is 81.7 Å². The molecule has 0 heterocycles. The summed E-state index contributed by atoms with van der Waals surface area (Å²) in [6, 6.07) is 9.10. The molecule has 0 fully saturated rings. The first-order valence-electron chi connectivity index (χ1n) is 5.65. The van der Waals surface area contributed by atoms with Gasteiger partial charge in [0.25, 0.3) is 0 Å². The topological polar surface area (TPSA) is 0 Å². The van der Waals surface area contributed by atoms with E-state index >= 15 is 0 Å². The van der Waals surface area contributed by atoms with E-state index in [1.165, 1.54) is 24.0 Å². The number of rotatable bonds is 4. The van der Waals surface area contributed by atoms with Crippen molar-refractivity contribution in [2.24, 2.45) is 11.8 Å². The zero-order valence-corrected chi connectivity index (χ0v) is 9.88. The van der Waals surface area contributed by atoms with Gasteiger partial charge in [0.1, 0.15) is 0 Å². The predicted octanol–water partition coefficient (Wildman–Crippen LogP) is 6.63. The first-order valence-corrected chi connectivity index (χ1v) is 5.65. The van der Waals surface area contributed by atoms with Crippen LogP contribution in [-0.4, -0.2) is 0 Å². The average Bonchev–Trinajstić information content (AvgIpc) is 2.06. The van der Waals surface area contributed by atoms with Crippen molar-refractivity contribution in [3.63, 3.8) is 0 Å². The molecule has 0 aromatic heterocycles. The molecule has 1 rings (SSSR count). The zero-order chi connectivity index (χ0) is 10.6. The average molecular weight is 255 g/mol. The maximum absolute atomic E-state index is 2.28. The maximum atomic E-state index is 2.28. The van der Waals surface area contributed by atoms with Gasteiger partial charge in [-0.15, -0.1) is 0 Å². The van der Waals surface area contributed by atoms with Gasteiger partial charge in [0.2, 0.25) is 0 Å². The van der Waals surface area contributed by atoms with E-state index < -0.39 is 0 Å². The monoisotopic (exact) mass is 254 g/mol. The molecular formula is C18H38.